The van der Waals surface area contributed by atoms with E-state index in [9.17, 15) is 0 Å². The molecule has 0 saturated carbocycles. The molecule has 2 aromatic carbocycles. The summed E-state index contributed by atoms with van der Waals surface area (Å²) in [6, 6.07) is 11.6. The molecule has 0 fully saturated rings. The fraction of sp³-hybridized carbons (Fsp3) is 0.0714. The lowest BCUT2D eigenvalue weighted by Crippen LogP contribution is -2.00. The summed E-state index contributed by atoms with van der Waals surface area (Å²) in [5.41, 5.74) is 2.94. The second-order valence-corrected chi connectivity index (χ2v) is 4.99. The van der Waals surface area contributed by atoms with Crippen molar-refractivity contribution in [3.63, 3.8) is 0 Å². The van der Waals surface area contributed by atoms with E-state index in [1.807, 2.05) is 30.3 Å². The van der Waals surface area contributed by atoms with Crippen LogP contribution in [0.15, 0.2) is 42.6 Å². The van der Waals surface area contributed by atoms with Crippen LogP contribution in [0.25, 0.3) is 10.9 Å². The molecule has 0 saturated heterocycles. The average molecular weight is 292 g/mol. The molecule has 3 nitrogen and oxygen atoms in total. The van der Waals surface area contributed by atoms with Gasteiger partial charge in [0.1, 0.15) is 0 Å². The Hall–Kier alpha value is -1.71. The van der Waals surface area contributed by atoms with Gasteiger partial charge in [-0.1, -0.05) is 47.5 Å². The Morgan fingerprint density at radius 3 is 2.84 bits per heavy atom. The van der Waals surface area contributed by atoms with E-state index in [0.717, 1.165) is 22.2 Å². The summed E-state index contributed by atoms with van der Waals surface area (Å²) < 4.78 is 0. The summed E-state index contributed by atoms with van der Waals surface area (Å²) in [7, 11) is 0. The van der Waals surface area contributed by atoms with Crippen molar-refractivity contribution in [2.45, 2.75) is 6.54 Å². The second-order valence-electron chi connectivity index (χ2n) is 4.21. The monoisotopic (exact) mass is 291 g/mol. The molecule has 0 atom stereocenters. The fourth-order valence-corrected chi connectivity index (χ4v) is 2.38. The number of aromatic amines is 1. The number of para-hydroxylation sites is 1. The van der Waals surface area contributed by atoms with E-state index in [1.54, 1.807) is 12.3 Å². The van der Waals surface area contributed by atoms with E-state index in [0.29, 0.717) is 16.6 Å². The Bertz CT molecular complexity index is 722. The van der Waals surface area contributed by atoms with Crippen LogP contribution < -0.4 is 5.32 Å². The highest BCUT2D eigenvalue weighted by molar-refractivity contribution is 6.42. The molecule has 0 spiro atoms. The van der Waals surface area contributed by atoms with Crippen molar-refractivity contribution in [2.24, 2.45) is 0 Å². The fourth-order valence-electron chi connectivity index (χ4n) is 1.99. The predicted molar refractivity (Wildman–Crippen MR) is 79.9 cm³/mol. The number of nitrogens with zero attached hydrogens (tertiary/aromatic N) is 1. The molecule has 0 unspecified atom stereocenters. The quantitative estimate of drug-likeness (QED) is 0.747. The number of nitrogens with one attached hydrogen (secondary N) is 2. The van der Waals surface area contributed by atoms with Crippen LogP contribution in [0.4, 0.5) is 5.69 Å². The Labute approximate surface area is 120 Å². The molecule has 0 aliphatic rings. The molecular formula is C14H11Cl2N3. The summed E-state index contributed by atoms with van der Waals surface area (Å²) in [4.78, 5) is 0. The van der Waals surface area contributed by atoms with Crippen LogP contribution in [0.2, 0.25) is 10.0 Å². The van der Waals surface area contributed by atoms with Crippen molar-refractivity contribution >= 4 is 39.8 Å². The molecular weight excluding hydrogens is 281 g/mol. The number of rotatable bonds is 3. The third kappa shape index (κ3) is 2.39. The molecule has 0 bridgehead atoms. The largest absolute Gasteiger partial charge is 0.379 e. The summed E-state index contributed by atoms with van der Waals surface area (Å²) in [5, 5.41) is 12.6. The molecule has 96 valence electrons. The van der Waals surface area contributed by atoms with E-state index < -0.39 is 0 Å². The van der Waals surface area contributed by atoms with Crippen LogP contribution in [0, 0.1) is 0 Å². The van der Waals surface area contributed by atoms with Crippen LogP contribution in [0.1, 0.15) is 5.56 Å². The highest BCUT2D eigenvalue weighted by atomic mass is 35.5. The SMILES string of the molecule is Clc1cccc(CNc2cccc3cn[nH]c23)c1Cl. The Morgan fingerprint density at radius 2 is 1.95 bits per heavy atom. The number of hydrogen-bond donors (Lipinski definition) is 2. The van der Waals surface area contributed by atoms with Crippen LogP contribution in [-0.4, -0.2) is 10.2 Å². The van der Waals surface area contributed by atoms with Crippen molar-refractivity contribution in [3.05, 3.63) is 58.2 Å². The van der Waals surface area contributed by atoms with Crippen LogP contribution >= 0.6 is 23.2 Å². The van der Waals surface area contributed by atoms with Crippen LogP contribution in [0.5, 0.6) is 0 Å². The minimum atomic E-state index is 0.570. The first-order valence-corrected chi connectivity index (χ1v) is 6.60. The van der Waals surface area contributed by atoms with Gasteiger partial charge >= 0.3 is 0 Å². The van der Waals surface area contributed by atoms with Gasteiger partial charge < -0.3 is 5.32 Å². The Morgan fingerprint density at radius 1 is 1.11 bits per heavy atom. The maximum Gasteiger partial charge on any atom is 0.0881 e. The first-order chi connectivity index (χ1) is 9.25. The number of benzene rings is 2. The normalized spacial score (nSPS) is 10.8. The first kappa shape index (κ1) is 12.3. The lowest BCUT2D eigenvalue weighted by atomic mass is 10.2. The van der Waals surface area contributed by atoms with Gasteiger partial charge in [-0.3, -0.25) is 5.10 Å². The molecule has 0 amide bonds. The van der Waals surface area contributed by atoms with Gasteiger partial charge in [0.05, 0.1) is 27.4 Å². The van der Waals surface area contributed by atoms with Crippen LogP contribution in [0.3, 0.4) is 0 Å². The summed E-state index contributed by atoms with van der Waals surface area (Å²) in [6.07, 6.45) is 1.80. The smallest absolute Gasteiger partial charge is 0.0881 e. The van der Waals surface area contributed by atoms with Gasteiger partial charge in [-0.05, 0) is 17.7 Å². The maximum atomic E-state index is 6.16. The van der Waals surface area contributed by atoms with Crippen molar-refractivity contribution in [1.82, 2.24) is 10.2 Å². The third-order valence-electron chi connectivity index (χ3n) is 2.98. The number of hydrogen-bond acceptors (Lipinski definition) is 2. The lowest BCUT2D eigenvalue weighted by molar-refractivity contribution is 1.11. The zero-order chi connectivity index (χ0) is 13.2. The van der Waals surface area contributed by atoms with Gasteiger partial charge in [-0.2, -0.15) is 5.10 Å². The molecule has 2 N–H and O–H groups in total. The second kappa shape index (κ2) is 5.11. The van der Waals surface area contributed by atoms with Crippen molar-refractivity contribution in [1.29, 1.82) is 0 Å². The molecule has 19 heavy (non-hydrogen) atoms. The van der Waals surface area contributed by atoms with E-state index in [1.165, 1.54) is 0 Å². The van der Waals surface area contributed by atoms with E-state index >= 15 is 0 Å². The third-order valence-corrected chi connectivity index (χ3v) is 3.84. The van der Waals surface area contributed by atoms with E-state index in [-0.39, 0.29) is 0 Å². The van der Waals surface area contributed by atoms with Crippen molar-refractivity contribution in [3.8, 4) is 0 Å². The van der Waals surface area contributed by atoms with Gasteiger partial charge in [0.25, 0.3) is 0 Å². The van der Waals surface area contributed by atoms with Gasteiger partial charge in [-0.25, -0.2) is 0 Å². The molecule has 3 aromatic rings. The molecule has 0 aliphatic carbocycles. The number of aromatic nitrogens is 2. The Kier molecular flexibility index (Phi) is 3.32. The summed E-state index contributed by atoms with van der Waals surface area (Å²) in [5.74, 6) is 0. The molecule has 1 heterocycles. The van der Waals surface area contributed by atoms with Gasteiger partial charge in [-0.15, -0.1) is 0 Å². The zero-order valence-electron chi connectivity index (χ0n) is 9.95. The molecule has 0 radical (unpaired) electrons. The standard InChI is InChI=1S/C14H11Cl2N3/c15-11-5-1-3-9(13(11)16)7-17-12-6-2-4-10-8-18-19-14(10)12/h1-6,8,17H,7H2,(H,18,19). The van der Waals surface area contributed by atoms with Gasteiger partial charge in [0.15, 0.2) is 0 Å². The molecule has 3 rings (SSSR count). The highest BCUT2D eigenvalue weighted by Gasteiger charge is 2.06. The number of H-pyrrole nitrogens is 1. The maximum absolute atomic E-state index is 6.16. The van der Waals surface area contributed by atoms with Crippen molar-refractivity contribution < 1.29 is 0 Å². The minimum absolute atomic E-state index is 0.570. The molecule has 1 aromatic heterocycles. The van der Waals surface area contributed by atoms with Gasteiger partial charge in [0, 0.05) is 11.9 Å². The van der Waals surface area contributed by atoms with Crippen LogP contribution in [-0.2, 0) is 6.54 Å². The minimum Gasteiger partial charge on any atom is -0.379 e. The predicted octanol–water partition coefficient (Wildman–Crippen LogP) is 4.48. The number of anilines is 1. The lowest BCUT2D eigenvalue weighted by Gasteiger charge is -2.09. The molecule has 0 aliphatic heterocycles. The Balaban J connectivity index is 1.86. The first-order valence-electron chi connectivity index (χ1n) is 5.84. The molecule has 5 heteroatoms. The van der Waals surface area contributed by atoms with Crippen molar-refractivity contribution in [2.75, 3.05) is 5.32 Å². The number of fused-ring (bicyclic) bond motifs is 1. The highest BCUT2D eigenvalue weighted by Crippen LogP contribution is 2.27. The topological polar surface area (TPSA) is 40.7 Å². The summed E-state index contributed by atoms with van der Waals surface area (Å²) >= 11 is 12.2. The number of halogens is 2. The van der Waals surface area contributed by atoms with Gasteiger partial charge in [0.2, 0.25) is 0 Å². The summed E-state index contributed by atoms with van der Waals surface area (Å²) in [6.45, 7) is 0.609. The van der Waals surface area contributed by atoms with E-state index in [4.69, 9.17) is 23.2 Å². The average Bonchev–Trinajstić information content (AvgIpc) is 2.89. The zero-order valence-corrected chi connectivity index (χ0v) is 11.5. The van der Waals surface area contributed by atoms with E-state index in [2.05, 4.69) is 15.5 Å².